The number of nitrogens with zero attached hydrogens (tertiary/aromatic N) is 3. The second-order valence-electron chi connectivity index (χ2n) is 2.86. The number of oxime groups is 1. The van der Waals surface area contributed by atoms with Crippen LogP contribution in [0, 0.1) is 0 Å². The van der Waals surface area contributed by atoms with Crippen LogP contribution in [0.5, 0.6) is 0 Å². The van der Waals surface area contributed by atoms with E-state index in [1.807, 2.05) is 0 Å². The van der Waals surface area contributed by atoms with E-state index >= 15 is 0 Å². The van der Waals surface area contributed by atoms with Gasteiger partial charge in [0.1, 0.15) is 5.70 Å². The van der Waals surface area contributed by atoms with E-state index in [0.29, 0.717) is 0 Å². The van der Waals surface area contributed by atoms with E-state index < -0.39 is 0 Å². The number of fused-ring (bicyclic) bond motifs is 2. The second kappa shape index (κ2) is 2.11. The summed E-state index contributed by atoms with van der Waals surface area (Å²) < 4.78 is 0. The van der Waals surface area contributed by atoms with Crippen molar-refractivity contribution in [2.75, 3.05) is 19.6 Å². The van der Waals surface area contributed by atoms with Gasteiger partial charge in [0.05, 0.1) is 0 Å². The molecule has 3 heterocycles. The minimum absolute atomic E-state index is 0.794. The molecular weight excluding hydrogens is 158 g/mol. The Labute approximate surface area is 69.4 Å². The van der Waals surface area contributed by atoms with E-state index in [2.05, 4.69) is 21.0 Å². The third-order valence-electron chi connectivity index (χ3n) is 2.13. The lowest BCUT2D eigenvalue weighted by molar-refractivity contribution is 0.146. The average molecular weight is 167 g/mol. The molecule has 0 unspecified atom stereocenters. The summed E-state index contributed by atoms with van der Waals surface area (Å²) in [6.45, 7) is 2.78. The van der Waals surface area contributed by atoms with Gasteiger partial charge in [0.2, 0.25) is 0 Å². The van der Waals surface area contributed by atoms with Crippen LogP contribution in [0.15, 0.2) is 16.7 Å². The lowest BCUT2D eigenvalue weighted by Gasteiger charge is -2.26. The van der Waals surface area contributed by atoms with Crippen molar-refractivity contribution in [3.8, 4) is 0 Å². The average Bonchev–Trinajstić information content (AvgIpc) is 2.62. The summed E-state index contributed by atoms with van der Waals surface area (Å²) >= 11 is 0. The summed E-state index contributed by atoms with van der Waals surface area (Å²) in [6.07, 6.45) is 1.63. The van der Waals surface area contributed by atoms with Gasteiger partial charge in [-0.25, -0.2) is 5.01 Å². The molecule has 0 aromatic carbocycles. The normalized spacial score (nSPS) is 26.0. The highest BCUT2D eigenvalue weighted by Crippen LogP contribution is 2.23. The highest BCUT2D eigenvalue weighted by atomic mass is 16.7. The first-order valence-electron chi connectivity index (χ1n) is 3.92. The Kier molecular flexibility index (Phi) is 1.10. The molecule has 0 amide bonds. The Morgan fingerprint density at radius 1 is 1.58 bits per heavy atom. The van der Waals surface area contributed by atoms with Gasteiger partial charge >= 0.3 is 0 Å². The van der Waals surface area contributed by atoms with Crippen molar-refractivity contribution in [1.82, 2.24) is 20.9 Å². The molecule has 0 radical (unpaired) electrons. The zero-order valence-electron chi connectivity index (χ0n) is 6.45. The van der Waals surface area contributed by atoms with Crippen LogP contribution in [0.3, 0.4) is 0 Å². The Hall–Kier alpha value is -1.27. The van der Waals surface area contributed by atoms with Gasteiger partial charge < -0.3 is 10.2 Å². The third kappa shape index (κ3) is 0.678. The van der Waals surface area contributed by atoms with Crippen molar-refractivity contribution in [1.29, 1.82) is 0 Å². The van der Waals surface area contributed by atoms with Crippen LogP contribution in [0.25, 0.3) is 0 Å². The van der Waals surface area contributed by atoms with E-state index in [4.69, 9.17) is 4.84 Å². The highest BCUT2D eigenvalue weighted by molar-refractivity contribution is 5.59. The fourth-order valence-corrected chi connectivity index (χ4v) is 1.54. The number of piperazine rings is 1. The van der Waals surface area contributed by atoms with Gasteiger partial charge in [0, 0.05) is 19.6 Å². The van der Waals surface area contributed by atoms with Gasteiger partial charge in [0.15, 0.2) is 6.34 Å². The van der Waals surface area contributed by atoms with E-state index in [1.165, 1.54) is 0 Å². The van der Waals surface area contributed by atoms with Crippen molar-refractivity contribution >= 4 is 6.34 Å². The van der Waals surface area contributed by atoms with Gasteiger partial charge in [-0.2, -0.15) is 0 Å². The molecule has 0 saturated carbocycles. The van der Waals surface area contributed by atoms with E-state index in [9.17, 15) is 0 Å². The summed E-state index contributed by atoms with van der Waals surface area (Å²) in [5.41, 5.74) is 4.26. The van der Waals surface area contributed by atoms with Crippen LogP contribution in [0.1, 0.15) is 0 Å². The minimum Gasteiger partial charge on any atom is -0.333 e. The second-order valence-corrected chi connectivity index (χ2v) is 2.86. The number of rotatable bonds is 0. The van der Waals surface area contributed by atoms with Crippen LogP contribution in [-0.4, -0.2) is 36.0 Å². The first kappa shape index (κ1) is 6.27. The number of hydrogen-bond donors (Lipinski definition) is 2. The van der Waals surface area contributed by atoms with Crippen LogP contribution in [0.2, 0.25) is 0 Å². The maximum absolute atomic E-state index is 5.08. The SMILES string of the molecule is C1=NOC2=C3CNCCN3NN12. The molecule has 12 heavy (non-hydrogen) atoms. The van der Waals surface area contributed by atoms with E-state index in [0.717, 1.165) is 31.2 Å². The molecule has 6 heteroatoms. The maximum atomic E-state index is 5.08. The summed E-state index contributed by atoms with van der Waals surface area (Å²) in [5, 5.41) is 10.8. The van der Waals surface area contributed by atoms with Crippen molar-refractivity contribution in [3.63, 3.8) is 0 Å². The molecule has 0 aromatic heterocycles. The van der Waals surface area contributed by atoms with Gasteiger partial charge in [0.25, 0.3) is 5.88 Å². The molecular formula is C6H9N5O. The fourth-order valence-electron chi connectivity index (χ4n) is 1.54. The molecule has 3 rings (SSSR count). The van der Waals surface area contributed by atoms with Crippen molar-refractivity contribution in [3.05, 3.63) is 11.6 Å². The monoisotopic (exact) mass is 167 g/mol. The Balaban J connectivity index is 1.96. The lowest BCUT2D eigenvalue weighted by atomic mass is 10.3. The molecule has 1 fully saturated rings. The molecule has 3 aliphatic heterocycles. The third-order valence-corrected chi connectivity index (χ3v) is 2.13. The summed E-state index contributed by atoms with van der Waals surface area (Å²) in [5.74, 6) is 0.794. The van der Waals surface area contributed by atoms with E-state index in [-0.39, 0.29) is 0 Å². The topological polar surface area (TPSA) is 52.1 Å². The number of hydrazine groups is 2. The Bertz CT molecular complexity index is 273. The smallest absolute Gasteiger partial charge is 0.268 e. The molecule has 0 bridgehead atoms. The molecule has 0 aliphatic carbocycles. The quantitative estimate of drug-likeness (QED) is 0.473. The zero-order valence-corrected chi connectivity index (χ0v) is 6.45. The number of nitrogens with one attached hydrogen (secondary N) is 2. The van der Waals surface area contributed by atoms with Gasteiger partial charge in [-0.05, 0) is 0 Å². The fraction of sp³-hybridized carbons (Fsp3) is 0.500. The molecule has 3 aliphatic rings. The molecule has 0 aromatic rings. The van der Waals surface area contributed by atoms with Crippen LogP contribution in [0.4, 0.5) is 0 Å². The lowest BCUT2D eigenvalue weighted by Crippen LogP contribution is -2.47. The maximum Gasteiger partial charge on any atom is 0.268 e. The summed E-state index contributed by atoms with van der Waals surface area (Å²) in [7, 11) is 0. The predicted octanol–water partition coefficient (Wildman–Crippen LogP) is -1.23. The van der Waals surface area contributed by atoms with Crippen LogP contribution < -0.4 is 10.9 Å². The Morgan fingerprint density at radius 2 is 2.58 bits per heavy atom. The van der Waals surface area contributed by atoms with Gasteiger partial charge in [-0.1, -0.05) is 5.16 Å². The number of hydrogen-bond acceptors (Lipinski definition) is 6. The first-order chi connectivity index (χ1) is 5.95. The summed E-state index contributed by atoms with van der Waals surface area (Å²) in [6, 6.07) is 0. The van der Waals surface area contributed by atoms with Crippen LogP contribution in [-0.2, 0) is 4.84 Å². The predicted molar refractivity (Wildman–Crippen MR) is 41.2 cm³/mol. The standard InChI is InChI=1S/C6H9N5O/c1-2-10-5(3-7-1)6-11(9-10)4-8-12-6/h4,7,9H,1-3H2. The zero-order chi connectivity index (χ0) is 7.97. The molecule has 2 N–H and O–H groups in total. The molecule has 0 atom stereocenters. The van der Waals surface area contributed by atoms with Crippen LogP contribution >= 0.6 is 0 Å². The molecule has 64 valence electrons. The van der Waals surface area contributed by atoms with Crippen molar-refractivity contribution < 1.29 is 4.84 Å². The molecule has 1 saturated heterocycles. The Morgan fingerprint density at radius 3 is 3.58 bits per heavy atom. The molecule has 6 nitrogen and oxygen atoms in total. The molecule has 0 spiro atoms. The first-order valence-corrected chi connectivity index (χ1v) is 3.92. The highest BCUT2D eigenvalue weighted by Gasteiger charge is 2.34. The van der Waals surface area contributed by atoms with Gasteiger partial charge in [-0.3, -0.25) is 5.01 Å². The van der Waals surface area contributed by atoms with Gasteiger partial charge in [-0.15, -0.1) is 5.53 Å². The van der Waals surface area contributed by atoms with E-state index in [1.54, 1.807) is 11.3 Å². The minimum atomic E-state index is 0.794. The van der Waals surface area contributed by atoms with Crippen molar-refractivity contribution in [2.45, 2.75) is 0 Å². The van der Waals surface area contributed by atoms with Crippen molar-refractivity contribution in [2.24, 2.45) is 5.16 Å². The largest absolute Gasteiger partial charge is 0.333 e. The summed E-state index contributed by atoms with van der Waals surface area (Å²) in [4.78, 5) is 5.08.